The molecule has 26 heavy (non-hydrogen) atoms. The summed E-state index contributed by atoms with van der Waals surface area (Å²) < 4.78 is 1.69. The highest BCUT2D eigenvalue weighted by Gasteiger charge is 2.13. The number of benzene rings is 2. The predicted molar refractivity (Wildman–Crippen MR) is 106 cm³/mol. The number of fused-ring (bicyclic) bond motifs is 1. The second-order valence-electron chi connectivity index (χ2n) is 6.00. The van der Waals surface area contributed by atoms with Gasteiger partial charge in [0, 0.05) is 11.9 Å². The van der Waals surface area contributed by atoms with Crippen molar-refractivity contribution in [3.05, 3.63) is 94.5 Å². The first-order valence-electron chi connectivity index (χ1n) is 8.34. The van der Waals surface area contributed by atoms with Gasteiger partial charge in [-0.1, -0.05) is 47.7 Å². The molecule has 0 unspecified atom stereocenters. The summed E-state index contributed by atoms with van der Waals surface area (Å²) in [5, 5.41) is 1.30. The van der Waals surface area contributed by atoms with Gasteiger partial charge in [-0.25, -0.2) is 4.98 Å². The zero-order chi connectivity index (χ0) is 17.9. The summed E-state index contributed by atoms with van der Waals surface area (Å²) in [4.78, 5) is 22.3. The number of hydrogen-bond acceptors (Lipinski definition) is 4. The van der Waals surface area contributed by atoms with Crippen molar-refractivity contribution in [1.29, 1.82) is 0 Å². The Labute approximate surface area is 155 Å². The molecule has 128 valence electrons. The average Bonchev–Trinajstić information content (AvgIpc) is 2.68. The summed E-state index contributed by atoms with van der Waals surface area (Å²) in [6.07, 6.45) is 1.77. The molecule has 0 saturated heterocycles. The van der Waals surface area contributed by atoms with Crippen molar-refractivity contribution in [2.45, 2.75) is 17.8 Å². The van der Waals surface area contributed by atoms with E-state index in [-0.39, 0.29) is 5.56 Å². The molecule has 0 aliphatic rings. The minimum Gasteiger partial charge on any atom is -0.268 e. The van der Waals surface area contributed by atoms with E-state index in [1.54, 1.807) is 10.8 Å². The fourth-order valence-corrected chi connectivity index (χ4v) is 3.73. The van der Waals surface area contributed by atoms with E-state index < -0.39 is 0 Å². The fourth-order valence-electron chi connectivity index (χ4n) is 2.80. The zero-order valence-corrected chi connectivity index (χ0v) is 15.1. The normalized spacial score (nSPS) is 11.0. The molecule has 0 radical (unpaired) electrons. The molecule has 0 aliphatic heterocycles. The third kappa shape index (κ3) is 3.26. The van der Waals surface area contributed by atoms with Crippen LogP contribution in [0, 0.1) is 6.92 Å². The van der Waals surface area contributed by atoms with E-state index in [0.29, 0.717) is 16.3 Å². The van der Waals surface area contributed by atoms with E-state index in [1.807, 2.05) is 73.7 Å². The van der Waals surface area contributed by atoms with Gasteiger partial charge in [0.05, 0.1) is 22.3 Å². The number of pyridine rings is 1. The molecule has 0 N–H and O–H groups in total. The van der Waals surface area contributed by atoms with Crippen LogP contribution in [0.4, 0.5) is 0 Å². The summed E-state index contributed by atoms with van der Waals surface area (Å²) in [6.45, 7) is 1.98. The average molecular weight is 359 g/mol. The number of para-hydroxylation sites is 1. The lowest BCUT2D eigenvalue weighted by Crippen LogP contribution is -2.21. The first-order chi connectivity index (χ1) is 12.7. The van der Waals surface area contributed by atoms with Crippen LogP contribution in [-0.2, 0) is 5.75 Å². The fraction of sp³-hybridized carbons (Fsp3) is 0.0952. The van der Waals surface area contributed by atoms with Crippen molar-refractivity contribution in [1.82, 2.24) is 14.5 Å². The van der Waals surface area contributed by atoms with Crippen molar-refractivity contribution in [3.63, 3.8) is 0 Å². The number of nitrogens with zero attached hydrogens (tertiary/aromatic N) is 3. The molecule has 2 aromatic carbocycles. The number of rotatable bonds is 4. The molecule has 2 aromatic heterocycles. The second-order valence-corrected chi connectivity index (χ2v) is 6.94. The second kappa shape index (κ2) is 7.14. The SMILES string of the molecule is Cc1ccc2nc(SCc3ccccn3)n(-c3ccccc3)c(=O)c2c1. The summed E-state index contributed by atoms with van der Waals surface area (Å²) in [5.41, 5.74) is 3.49. The molecule has 0 bridgehead atoms. The number of aromatic nitrogens is 3. The summed E-state index contributed by atoms with van der Waals surface area (Å²) >= 11 is 1.52. The monoisotopic (exact) mass is 359 g/mol. The number of hydrogen-bond donors (Lipinski definition) is 0. The van der Waals surface area contributed by atoms with Gasteiger partial charge >= 0.3 is 0 Å². The molecule has 0 aliphatic carbocycles. The molecule has 0 atom stereocenters. The standard InChI is InChI=1S/C21H17N3OS/c1-15-10-11-19-18(13-15)20(25)24(17-8-3-2-4-9-17)21(23-19)26-14-16-7-5-6-12-22-16/h2-13H,14H2,1H3. The van der Waals surface area contributed by atoms with Gasteiger partial charge in [0.25, 0.3) is 5.56 Å². The molecule has 0 spiro atoms. The third-order valence-corrected chi connectivity index (χ3v) is 5.05. The third-order valence-electron chi connectivity index (χ3n) is 4.08. The van der Waals surface area contributed by atoms with Crippen LogP contribution in [-0.4, -0.2) is 14.5 Å². The molecular weight excluding hydrogens is 342 g/mol. The Hall–Kier alpha value is -2.92. The number of aryl methyl sites for hydroxylation is 1. The van der Waals surface area contributed by atoms with Crippen LogP contribution in [0.5, 0.6) is 0 Å². The van der Waals surface area contributed by atoms with Gasteiger partial charge in [-0.2, -0.15) is 0 Å². The molecular formula is C21H17N3OS. The summed E-state index contributed by atoms with van der Waals surface area (Å²) in [5.74, 6) is 0.650. The Balaban J connectivity index is 1.87. The van der Waals surface area contributed by atoms with Gasteiger partial charge < -0.3 is 0 Å². The Morgan fingerprint density at radius 1 is 1.00 bits per heavy atom. The maximum absolute atomic E-state index is 13.2. The van der Waals surface area contributed by atoms with Crippen LogP contribution in [0.25, 0.3) is 16.6 Å². The molecule has 0 saturated carbocycles. The lowest BCUT2D eigenvalue weighted by molar-refractivity contribution is 0.819. The molecule has 2 heterocycles. The molecule has 5 heteroatoms. The molecule has 4 nitrogen and oxygen atoms in total. The van der Waals surface area contributed by atoms with Crippen molar-refractivity contribution < 1.29 is 0 Å². The Morgan fingerprint density at radius 2 is 1.81 bits per heavy atom. The molecule has 0 fully saturated rings. The molecule has 4 rings (SSSR count). The van der Waals surface area contributed by atoms with Gasteiger partial charge in [0.15, 0.2) is 5.16 Å². The Bertz CT molecular complexity index is 1110. The lowest BCUT2D eigenvalue weighted by Gasteiger charge is -2.13. The van der Waals surface area contributed by atoms with Crippen LogP contribution in [0.3, 0.4) is 0 Å². The molecule has 0 amide bonds. The van der Waals surface area contributed by atoms with E-state index in [0.717, 1.165) is 22.5 Å². The zero-order valence-electron chi connectivity index (χ0n) is 14.3. The highest BCUT2D eigenvalue weighted by atomic mass is 32.2. The van der Waals surface area contributed by atoms with Crippen LogP contribution >= 0.6 is 11.8 Å². The Morgan fingerprint density at radius 3 is 2.58 bits per heavy atom. The minimum atomic E-state index is -0.0478. The van der Waals surface area contributed by atoms with Gasteiger partial charge in [0.1, 0.15) is 0 Å². The Kier molecular flexibility index (Phi) is 4.54. The maximum atomic E-state index is 13.2. The quantitative estimate of drug-likeness (QED) is 0.401. The van der Waals surface area contributed by atoms with Gasteiger partial charge in [0.2, 0.25) is 0 Å². The van der Waals surface area contributed by atoms with E-state index in [1.165, 1.54) is 11.8 Å². The van der Waals surface area contributed by atoms with Gasteiger partial charge in [-0.05, 0) is 43.3 Å². The first kappa shape index (κ1) is 16.5. The number of thioether (sulfide) groups is 1. The van der Waals surface area contributed by atoms with Crippen molar-refractivity contribution in [2.75, 3.05) is 0 Å². The van der Waals surface area contributed by atoms with Crippen LogP contribution in [0.2, 0.25) is 0 Å². The highest BCUT2D eigenvalue weighted by Crippen LogP contribution is 2.24. The van der Waals surface area contributed by atoms with Crippen molar-refractivity contribution in [3.8, 4) is 5.69 Å². The topological polar surface area (TPSA) is 47.8 Å². The van der Waals surface area contributed by atoms with Gasteiger partial charge in [-0.15, -0.1) is 0 Å². The maximum Gasteiger partial charge on any atom is 0.266 e. The highest BCUT2D eigenvalue weighted by molar-refractivity contribution is 7.98. The predicted octanol–water partition coefficient (Wildman–Crippen LogP) is 4.38. The molecule has 4 aromatic rings. The first-order valence-corrected chi connectivity index (χ1v) is 9.32. The van der Waals surface area contributed by atoms with E-state index in [2.05, 4.69) is 4.98 Å². The van der Waals surface area contributed by atoms with Crippen molar-refractivity contribution >= 4 is 22.7 Å². The smallest absolute Gasteiger partial charge is 0.266 e. The van der Waals surface area contributed by atoms with Gasteiger partial charge in [-0.3, -0.25) is 14.3 Å². The van der Waals surface area contributed by atoms with Crippen LogP contribution in [0.15, 0.2) is 82.9 Å². The summed E-state index contributed by atoms with van der Waals surface area (Å²) in [7, 11) is 0. The van der Waals surface area contributed by atoms with E-state index >= 15 is 0 Å². The van der Waals surface area contributed by atoms with Crippen LogP contribution < -0.4 is 5.56 Å². The van der Waals surface area contributed by atoms with E-state index in [4.69, 9.17) is 4.98 Å². The minimum absolute atomic E-state index is 0.0478. The lowest BCUT2D eigenvalue weighted by atomic mass is 10.1. The largest absolute Gasteiger partial charge is 0.268 e. The van der Waals surface area contributed by atoms with E-state index in [9.17, 15) is 4.79 Å². The van der Waals surface area contributed by atoms with Crippen LogP contribution in [0.1, 0.15) is 11.3 Å². The van der Waals surface area contributed by atoms with Crippen molar-refractivity contribution in [2.24, 2.45) is 0 Å². The summed E-state index contributed by atoms with van der Waals surface area (Å²) in [6, 6.07) is 21.3.